The average molecular weight is 434 g/mol. The molecule has 10 nitrogen and oxygen atoms in total. The number of amides is 1. The van der Waals surface area contributed by atoms with Crippen LogP contribution in [0.2, 0.25) is 0 Å². The zero-order valence-corrected chi connectivity index (χ0v) is 18.5. The number of aryl methyl sites for hydroxylation is 1. The van der Waals surface area contributed by atoms with Crippen LogP contribution in [-0.4, -0.2) is 61.4 Å². The van der Waals surface area contributed by atoms with Gasteiger partial charge in [0, 0.05) is 50.8 Å². The summed E-state index contributed by atoms with van der Waals surface area (Å²) < 4.78 is 3.23. The van der Waals surface area contributed by atoms with Gasteiger partial charge < -0.3 is 15.5 Å². The summed E-state index contributed by atoms with van der Waals surface area (Å²) >= 11 is 0. The largest absolute Gasteiger partial charge is 0.353 e. The van der Waals surface area contributed by atoms with Crippen LogP contribution >= 0.6 is 0 Å². The summed E-state index contributed by atoms with van der Waals surface area (Å²) in [6.45, 7) is 9.47. The van der Waals surface area contributed by atoms with Gasteiger partial charge in [-0.2, -0.15) is 9.78 Å². The van der Waals surface area contributed by atoms with Crippen molar-refractivity contribution in [3.05, 3.63) is 60.2 Å². The van der Waals surface area contributed by atoms with Crippen LogP contribution in [0.25, 0.3) is 11.5 Å². The number of hydrogen-bond acceptors (Lipinski definition) is 7. The monoisotopic (exact) mass is 433 g/mol. The first-order chi connectivity index (χ1) is 15.7. The Hall–Kier alpha value is -3.79. The highest BCUT2D eigenvalue weighted by molar-refractivity contribution is 6.08. The molecule has 2 N–H and O–H groups in total. The van der Waals surface area contributed by atoms with Crippen LogP contribution in [0.15, 0.2) is 49.1 Å². The summed E-state index contributed by atoms with van der Waals surface area (Å²) in [6, 6.07) is 7.50. The normalized spacial score (nSPS) is 13.5. The summed E-state index contributed by atoms with van der Waals surface area (Å²) in [7, 11) is 0. The maximum absolute atomic E-state index is 13.0. The molecule has 0 unspecified atom stereocenters. The molecule has 5 rings (SSSR count). The number of anilines is 2. The minimum Gasteiger partial charge on any atom is -0.353 e. The molecule has 1 amide bonds. The predicted octanol–water partition coefficient (Wildman–Crippen LogP) is 2.31. The lowest BCUT2D eigenvalue weighted by molar-refractivity contribution is 0.102. The van der Waals surface area contributed by atoms with Crippen molar-refractivity contribution in [3.63, 3.8) is 0 Å². The van der Waals surface area contributed by atoms with Crippen LogP contribution < -0.4 is 15.5 Å². The van der Waals surface area contributed by atoms with Gasteiger partial charge in [-0.1, -0.05) is 19.9 Å². The Morgan fingerprint density at radius 2 is 1.91 bits per heavy atom. The van der Waals surface area contributed by atoms with E-state index in [-0.39, 0.29) is 5.91 Å². The van der Waals surface area contributed by atoms with Crippen molar-refractivity contribution in [2.24, 2.45) is 0 Å². The molecule has 5 heterocycles. The lowest BCUT2D eigenvalue weighted by Crippen LogP contribution is -2.43. The molecule has 0 aromatic carbocycles. The van der Waals surface area contributed by atoms with Crippen LogP contribution in [0.1, 0.15) is 29.8 Å². The van der Waals surface area contributed by atoms with E-state index >= 15 is 0 Å². The Morgan fingerprint density at radius 1 is 1.09 bits per heavy atom. The molecule has 0 atom stereocenters. The van der Waals surface area contributed by atoms with E-state index in [0.29, 0.717) is 22.8 Å². The molecule has 166 valence electrons. The fourth-order valence-electron chi connectivity index (χ4n) is 3.44. The van der Waals surface area contributed by atoms with E-state index in [1.54, 1.807) is 33.9 Å². The third-order valence-corrected chi connectivity index (χ3v) is 5.02. The summed E-state index contributed by atoms with van der Waals surface area (Å²) in [4.78, 5) is 24.0. The van der Waals surface area contributed by atoms with Crippen molar-refractivity contribution < 1.29 is 4.79 Å². The number of rotatable bonds is 4. The Balaban J connectivity index is 0.00000119. The van der Waals surface area contributed by atoms with Crippen LogP contribution in [0.3, 0.4) is 0 Å². The maximum atomic E-state index is 13.0. The molecule has 0 radical (unpaired) electrons. The van der Waals surface area contributed by atoms with Crippen LogP contribution in [-0.2, 0) is 0 Å². The third kappa shape index (κ3) is 4.30. The Morgan fingerprint density at radius 3 is 2.66 bits per heavy atom. The van der Waals surface area contributed by atoms with E-state index in [4.69, 9.17) is 5.10 Å². The second-order valence-electron chi connectivity index (χ2n) is 7.13. The number of piperazine rings is 1. The number of nitrogens with one attached hydrogen (secondary N) is 2. The second kappa shape index (κ2) is 9.56. The lowest BCUT2D eigenvalue weighted by Gasteiger charge is -2.26. The molecule has 1 saturated heterocycles. The number of aromatic nitrogens is 6. The van der Waals surface area contributed by atoms with Crippen molar-refractivity contribution in [3.8, 4) is 5.82 Å². The van der Waals surface area contributed by atoms with E-state index in [1.807, 2.05) is 39.0 Å². The minimum absolute atomic E-state index is 0.302. The van der Waals surface area contributed by atoms with E-state index < -0.39 is 0 Å². The number of nitrogens with zero attached hydrogens (tertiary/aromatic N) is 7. The van der Waals surface area contributed by atoms with E-state index in [1.165, 1.54) is 6.20 Å². The number of carbonyl (C=O) groups excluding carboxylic acids is 1. The van der Waals surface area contributed by atoms with E-state index in [9.17, 15) is 4.79 Å². The second-order valence-corrected chi connectivity index (χ2v) is 7.13. The summed E-state index contributed by atoms with van der Waals surface area (Å²) in [5.74, 6) is 1.67. The fraction of sp³-hybridized carbons (Fsp3) is 0.318. The van der Waals surface area contributed by atoms with Gasteiger partial charge in [-0.3, -0.25) is 4.79 Å². The molecule has 0 saturated carbocycles. The molecule has 10 heteroatoms. The van der Waals surface area contributed by atoms with Gasteiger partial charge in [-0.05, 0) is 24.6 Å². The maximum Gasteiger partial charge on any atom is 0.262 e. The van der Waals surface area contributed by atoms with Crippen molar-refractivity contribution in [1.82, 2.24) is 34.7 Å². The van der Waals surface area contributed by atoms with Gasteiger partial charge in [-0.25, -0.2) is 14.5 Å². The molecular weight excluding hydrogens is 406 g/mol. The van der Waals surface area contributed by atoms with Crippen molar-refractivity contribution in [1.29, 1.82) is 0 Å². The van der Waals surface area contributed by atoms with E-state index in [2.05, 4.69) is 30.6 Å². The van der Waals surface area contributed by atoms with Gasteiger partial charge >= 0.3 is 0 Å². The first-order valence-electron chi connectivity index (χ1n) is 10.8. The van der Waals surface area contributed by atoms with E-state index in [0.717, 1.165) is 37.6 Å². The standard InChI is InChI=1S/C20H21N9O.C2H6/c1-14-3-4-16(23-12-14)29-17(11-18(26-29)27-9-6-21-7-10-27)25-20(30)15-13-24-28-8-2-5-22-19(15)28;1-2/h2-5,8,11-13,21H,6-7,9-10H2,1H3,(H,25,30);1-2H3. The smallest absolute Gasteiger partial charge is 0.262 e. The summed E-state index contributed by atoms with van der Waals surface area (Å²) in [5, 5.41) is 15.2. The zero-order chi connectivity index (χ0) is 22.5. The molecule has 1 fully saturated rings. The van der Waals surface area contributed by atoms with Gasteiger partial charge in [0.2, 0.25) is 0 Å². The van der Waals surface area contributed by atoms with Gasteiger partial charge in [0.1, 0.15) is 11.4 Å². The molecule has 0 aliphatic carbocycles. The molecule has 32 heavy (non-hydrogen) atoms. The first kappa shape index (κ1) is 21.4. The highest BCUT2D eigenvalue weighted by Gasteiger charge is 2.21. The molecule has 1 aliphatic heterocycles. The number of fused-ring (bicyclic) bond motifs is 1. The number of pyridine rings is 1. The zero-order valence-electron chi connectivity index (χ0n) is 18.5. The quantitative estimate of drug-likeness (QED) is 0.509. The molecule has 4 aromatic rings. The Bertz CT molecular complexity index is 1190. The lowest BCUT2D eigenvalue weighted by atomic mass is 10.3. The van der Waals surface area contributed by atoms with Crippen molar-refractivity contribution >= 4 is 23.2 Å². The SMILES string of the molecule is CC.Cc1ccc(-n2nc(N3CCNCC3)cc2NC(=O)c2cnn3cccnc23)nc1. The molecule has 0 spiro atoms. The van der Waals surface area contributed by atoms with Crippen LogP contribution in [0, 0.1) is 6.92 Å². The van der Waals surface area contributed by atoms with Crippen molar-refractivity contribution in [2.45, 2.75) is 20.8 Å². The Kier molecular flexibility index (Phi) is 6.41. The molecule has 1 aliphatic rings. The van der Waals surface area contributed by atoms with Gasteiger partial charge in [0.05, 0.1) is 6.20 Å². The van der Waals surface area contributed by atoms with Gasteiger partial charge in [0.25, 0.3) is 5.91 Å². The number of hydrogen-bond donors (Lipinski definition) is 2. The van der Waals surface area contributed by atoms with Gasteiger partial charge in [-0.15, -0.1) is 5.10 Å². The molecular formula is C22H27N9O. The van der Waals surface area contributed by atoms with Crippen LogP contribution in [0.4, 0.5) is 11.6 Å². The Labute approximate surface area is 186 Å². The highest BCUT2D eigenvalue weighted by atomic mass is 16.1. The minimum atomic E-state index is -0.302. The fourth-order valence-corrected chi connectivity index (χ4v) is 3.44. The number of carbonyl (C=O) groups is 1. The predicted molar refractivity (Wildman–Crippen MR) is 123 cm³/mol. The van der Waals surface area contributed by atoms with Crippen LogP contribution in [0.5, 0.6) is 0 Å². The average Bonchev–Trinajstić information content (AvgIpc) is 3.46. The molecule has 4 aromatic heterocycles. The summed E-state index contributed by atoms with van der Waals surface area (Å²) in [6.07, 6.45) is 6.68. The van der Waals surface area contributed by atoms with Gasteiger partial charge in [0.15, 0.2) is 17.3 Å². The highest BCUT2D eigenvalue weighted by Crippen LogP contribution is 2.23. The third-order valence-electron chi connectivity index (χ3n) is 5.02. The van der Waals surface area contributed by atoms with Crippen molar-refractivity contribution in [2.75, 3.05) is 36.4 Å². The first-order valence-corrected chi connectivity index (χ1v) is 10.8. The molecule has 0 bridgehead atoms. The topological polar surface area (TPSA) is 105 Å². The summed E-state index contributed by atoms with van der Waals surface area (Å²) in [5.41, 5.74) is 1.94.